The Balaban J connectivity index is 2.91. The molecule has 0 amide bonds. The minimum Gasteiger partial charge on any atom is -0.411 e. The van der Waals surface area contributed by atoms with Crippen molar-refractivity contribution in [3.05, 3.63) is 0 Å². The maximum Gasteiger partial charge on any atom is 0.192 e. The second kappa shape index (κ2) is 6.67. The molecular weight excluding hydrogens is 284 g/mol. The van der Waals surface area contributed by atoms with Crippen molar-refractivity contribution in [2.45, 2.75) is 96.6 Å². The Labute approximate surface area is 131 Å². The average Bonchev–Trinajstić information content (AvgIpc) is 2.62. The number of rotatable bonds is 6. The zero-order chi connectivity index (χ0) is 16.5. The van der Waals surface area contributed by atoms with Gasteiger partial charge in [0.1, 0.15) is 12.2 Å². The van der Waals surface area contributed by atoms with Gasteiger partial charge in [-0.1, -0.05) is 34.1 Å². The van der Waals surface area contributed by atoms with Crippen LogP contribution in [0.3, 0.4) is 0 Å². The van der Waals surface area contributed by atoms with E-state index in [9.17, 15) is 5.11 Å². The van der Waals surface area contributed by atoms with Gasteiger partial charge in [-0.15, -0.1) is 0 Å². The number of aliphatic hydroxyl groups excluding tert-OH is 1. The van der Waals surface area contributed by atoms with Gasteiger partial charge in [-0.05, 0) is 38.4 Å². The predicted octanol–water partition coefficient (Wildman–Crippen LogP) is 3.69. The number of hydrogen-bond donors (Lipinski definition) is 1. The highest BCUT2D eigenvalue weighted by Gasteiger charge is 2.48. The fourth-order valence-electron chi connectivity index (χ4n) is 2.45. The monoisotopic (exact) mass is 318 g/mol. The van der Waals surface area contributed by atoms with Crippen molar-refractivity contribution in [3.63, 3.8) is 0 Å². The standard InChI is InChI=1S/C16H34O4Si/c1-9-10-12(20-21(7,8)15(2,3)4)14-13(11-17)18-16(5,6)19-14/h12-14,17H,9-11H2,1-8H3/t12-,13-,14-/m1/s1. The van der Waals surface area contributed by atoms with Crippen molar-refractivity contribution in [2.75, 3.05) is 6.61 Å². The normalized spacial score (nSPS) is 27.9. The summed E-state index contributed by atoms with van der Waals surface area (Å²) in [5, 5.41) is 9.75. The van der Waals surface area contributed by atoms with Crippen LogP contribution in [0.1, 0.15) is 54.4 Å². The molecule has 5 heteroatoms. The molecule has 1 aliphatic heterocycles. The van der Waals surface area contributed by atoms with Crippen molar-refractivity contribution in [2.24, 2.45) is 0 Å². The van der Waals surface area contributed by atoms with Crippen molar-refractivity contribution in [1.82, 2.24) is 0 Å². The molecule has 0 spiro atoms. The molecule has 1 heterocycles. The highest BCUT2D eigenvalue weighted by molar-refractivity contribution is 6.74. The fraction of sp³-hybridized carbons (Fsp3) is 1.00. The second-order valence-electron chi connectivity index (χ2n) is 8.03. The van der Waals surface area contributed by atoms with E-state index in [4.69, 9.17) is 13.9 Å². The minimum atomic E-state index is -1.88. The van der Waals surface area contributed by atoms with Gasteiger partial charge in [-0.2, -0.15) is 0 Å². The Kier molecular flexibility index (Phi) is 6.06. The zero-order valence-electron chi connectivity index (χ0n) is 15.0. The lowest BCUT2D eigenvalue weighted by Crippen LogP contribution is -2.49. The van der Waals surface area contributed by atoms with E-state index in [0.717, 1.165) is 12.8 Å². The van der Waals surface area contributed by atoms with Gasteiger partial charge in [0.2, 0.25) is 0 Å². The maximum absolute atomic E-state index is 9.59. The van der Waals surface area contributed by atoms with Gasteiger partial charge in [-0.3, -0.25) is 0 Å². The van der Waals surface area contributed by atoms with E-state index in [1.54, 1.807) is 0 Å². The van der Waals surface area contributed by atoms with Gasteiger partial charge < -0.3 is 19.0 Å². The number of ether oxygens (including phenoxy) is 2. The van der Waals surface area contributed by atoms with E-state index in [1.165, 1.54) is 0 Å². The molecule has 3 atom stereocenters. The molecule has 0 saturated carbocycles. The van der Waals surface area contributed by atoms with Crippen molar-refractivity contribution < 1.29 is 19.0 Å². The summed E-state index contributed by atoms with van der Waals surface area (Å²) in [6, 6.07) is 0. The lowest BCUT2D eigenvalue weighted by Gasteiger charge is -2.41. The highest BCUT2D eigenvalue weighted by atomic mass is 28.4. The largest absolute Gasteiger partial charge is 0.411 e. The molecule has 0 bridgehead atoms. The van der Waals surface area contributed by atoms with Gasteiger partial charge in [0.25, 0.3) is 0 Å². The predicted molar refractivity (Wildman–Crippen MR) is 87.9 cm³/mol. The van der Waals surface area contributed by atoms with E-state index in [-0.39, 0.29) is 30.0 Å². The first-order valence-corrected chi connectivity index (χ1v) is 11.0. The van der Waals surface area contributed by atoms with Crippen LogP contribution in [-0.4, -0.2) is 44.1 Å². The SMILES string of the molecule is CCC[C@@H](O[Si](C)(C)C(C)(C)C)[C@H]1OC(C)(C)O[C@@H]1CO. The summed E-state index contributed by atoms with van der Waals surface area (Å²) in [6.45, 7) is 17.1. The molecule has 0 aromatic carbocycles. The lowest BCUT2D eigenvalue weighted by molar-refractivity contribution is -0.156. The first-order chi connectivity index (χ1) is 9.43. The molecule has 1 rings (SSSR count). The summed E-state index contributed by atoms with van der Waals surface area (Å²) in [6.07, 6.45) is 1.43. The summed E-state index contributed by atoms with van der Waals surface area (Å²) in [5.74, 6) is -0.652. The van der Waals surface area contributed by atoms with Crippen LogP contribution in [0, 0.1) is 0 Å². The average molecular weight is 319 g/mol. The first kappa shape index (κ1) is 19.1. The molecule has 0 unspecified atom stereocenters. The summed E-state index contributed by atoms with van der Waals surface area (Å²) >= 11 is 0. The molecule has 0 aromatic heterocycles. The molecule has 0 aliphatic carbocycles. The Hall–Kier alpha value is 0.0569. The van der Waals surface area contributed by atoms with Crippen LogP contribution in [0.25, 0.3) is 0 Å². The molecule has 1 aliphatic rings. The minimum absolute atomic E-state index is 0.0187. The molecular formula is C16H34O4Si. The van der Waals surface area contributed by atoms with E-state index in [0.29, 0.717) is 0 Å². The van der Waals surface area contributed by atoms with Crippen molar-refractivity contribution in [3.8, 4) is 0 Å². The quantitative estimate of drug-likeness (QED) is 0.759. The molecule has 1 saturated heterocycles. The topological polar surface area (TPSA) is 47.9 Å². The molecule has 1 N–H and O–H groups in total. The van der Waals surface area contributed by atoms with Crippen LogP contribution in [0.15, 0.2) is 0 Å². The van der Waals surface area contributed by atoms with Crippen LogP contribution >= 0.6 is 0 Å². The van der Waals surface area contributed by atoms with E-state index in [1.807, 2.05) is 13.8 Å². The summed E-state index contributed by atoms with van der Waals surface area (Å²) in [7, 11) is -1.88. The molecule has 21 heavy (non-hydrogen) atoms. The summed E-state index contributed by atoms with van der Waals surface area (Å²) < 4.78 is 18.4. The molecule has 1 fully saturated rings. The third-order valence-electron chi connectivity index (χ3n) is 4.59. The number of aliphatic hydroxyl groups is 1. The van der Waals surface area contributed by atoms with Gasteiger partial charge in [0.05, 0.1) is 12.7 Å². The van der Waals surface area contributed by atoms with Crippen LogP contribution in [0.4, 0.5) is 0 Å². The maximum atomic E-state index is 9.59. The fourth-order valence-corrected chi connectivity index (χ4v) is 3.81. The van der Waals surface area contributed by atoms with Gasteiger partial charge in [0, 0.05) is 0 Å². The molecule has 0 radical (unpaired) electrons. The highest BCUT2D eigenvalue weighted by Crippen LogP contribution is 2.40. The second-order valence-corrected chi connectivity index (χ2v) is 12.8. The van der Waals surface area contributed by atoms with Gasteiger partial charge in [-0.25, -0.2) is 0 Å². The van der Waals surface area contributed by atoms with E-state index >= 15 is 0 Å². The van der Waals surface area contributed by atoms with E-state index < -0.39 is 14.1 Å². The van der Waals surface area contributed by atoms with Crippen molar-refractivity contribution >= 4 is 8.32 Å². The third-order valence-corrected chi connectivity index (χ3v) is 9.10. The van der Waals surface area contributed by atoms with Crippen LogP contribution in [0.2, 0.25) is 18.1 Å². The summed E-state index contributed by atoms with van der Waals surface area (Å²) in [4.78, 5) is 0. The molecule has 0 aromatic rings. The van der Waals surface area contributed by atoms with E-state index in [2.05, 4.69) is 40.8 Å². The van der Waals surface area contributed by atoms with Crippen LogP contribution in [0.5, 0.6) is 0 Å². The lowest BCUT2D eigenvalue weighted by atomic mass is 10.0. The van der Waals surface area contributed by atoms with Crippen LogP contribution < -0.4 is 0 Å². The Morgan fingerprint density at radius 2 is 1.81 bits per heavy atom. The molecule has 126 valence electrons. The Morgan fingerprint density at radius 1 is 1.24 bits per heavy atom. The number of hydrogen-bond acceptors (Lipinski definition) is 4. The van der Waals surface area contributed by atoms with Gasteiger partial charge in [0.15, 0.2) is 14.1 Å². The smallest absolute Gasteiger partial charge is 0.192 e. The first-order valence-electron chi connectivity index (χ1n) is 8.08. The Morgan fingerprint density at radius 3 is 2.24 bits per heavy atom. The Bertz CT molecular complexity index is 336. The molecule has 4 nitrogen and oxygen atoms in total. The zero-order valence-corrected chi connectivity index (χ0v) is 16.0. The van der Waals surface area contributed by atoms with Gasteiger partial charge >= 0.3 is 0 Å². The summed E-state index contributed by atoms with van der Waals surface area (Å²) in [5.41, 5.74) is 0. The van der Waals surface area contributed by atoms with Crippen molar-refractivity contribution in [1.29, 1.82) is 0 Å². The third kappa shape index (κ3) is 4.76. The van der Waals surface area contributed by atoms with Crippen LogP contribution in [-0.2, 0) is 13.9 Å².